The van der Waals surface area contributed by atoms with E-state index in [0.29, 0.717) is 41.1 Å². The number of hydrogen-bond acceptors (Lipinski definition) is 7. The maximum absolute atomic E-state index is 13.3. The Hall–Kier alpha value is -3.81. The van der Waals surface area contributed by atoms with Crippen molar-refractivity contribution in [2.75, 3.05) is 18.7 Å². The van der Waals surface area contributed by atoms with Crippen LogP contribution in [-0.2, 0) is 14.4 Å². The molecule has 2 atom stereocenters. The maximum atomic E-state index is 13.3. The number of imide groups is 1. The lowest BCUT2D eigenvalue weighted by molar-refractivity contribution is -0.139. The van der Waals surface area contributed by atoms with Crippen LogP contribution in [0.1, 0.15) is 70.3 Å². The molecule has 0 radical (unpaired) electrons. The first kappa shape index (κ1) is 29.4. The summed E-state index contributed by atoms with van der Waals surface area (Å²) in [6, 6.07) is 13.2. The number of amides is 2. The minimum atomic E-state index is -0.800. The number of rotatable bonds is 8. The zero-order valence-electron chi connectivity index (χ0n) is 22.8. The molecule has 2 amide bonds. The number of hydrogen-bond donors (Lipinski definition) is 0. The molecule has 8 nitrogen and oxygen atoms in total. The lowest BCUT2D eigenvalue weighted by Gasteiger charge is -2.22. The molecule has 0 spiro atoms. The number of fused-ring (bicyclic) bond motifs is 1. The summed E-state index contributed by atoms with van der Waals surface area (Å²) in [6.45, 7) is 11.2. The number of methoxy groups -OCH3 is 1. The second-order valence-corrected chi connectivity index (χ2v) is 8.22. The van der Waals surface area contributed by atoms with E-state index in [2.05, 4.69) is 5.10 Å². The van der Waals surface area contributed by atoms with Crippen LogP contribution in [0.5, 0.6) is 5.75 Å². The van der Waals surface area contributed by atoms with Crippen molar-refractivity contribution in [3.63, 3.8) is 0 Å². The number of likely N-dealkylation sites (tertiary alicyclic amines) is 1. The van der Waals surface area contributed by atoms with Crippen molar-refractivity contribution in [2.24, 2.45) is 11.0 Å². The second kappa shape index (κ2) is 13.5. The Morgan fingerprint density at radius 1 is 0.892 bits per heavy atom. The fraction of sp³-hybridized carbons (Fsp3) is 0.414. The predicted octanol–water partition coefficient (Wildman–Crippen LogP) is 4.90. The van der Waals surface area contributed by atoms with E-state index < -0.39 is 12.0 Å². The molecule has 2 aromatic carbocycles. The number of hydrazone groups is 1. The van der Waals surface area contributed by atoms with Crippen LogP contribution in [0.4, 0.5) is 5.69 Å². The van der Waals surface area contributed by atoms with E-state index in [1.165, 1.54) is 18.7 Å². The molecule has 8 heteroatoms. The second-order valence-electron chi connectivity index (χ2n) is 8.22. The smallest absolute Gasteiger partial charge is 0.255 e. The van der Waals surface area contributed by atoms with E-state index in [9.17, 15) is 19.2 Å². The molecule has 1 saturated heterocycles. The molecule has 198 valence electrons. The SMILES string of the molecule is CC.CC.COc1ccc(N2N=C(c3ccc(C(C)=O)cc3)C3C(=O)N(CCCC(C)=O)C(=O)C32)cc1. The summed E-state index contributed by atoms with van der Waals surface area (Å²) < 4.78 is 5.22. The molecule has 2 unspecified atom stereocenters. The first-order valence-corrected chi connectivity index (χ1v) is 12.8. The summed E-state index contributed by atoms with van der Waals surface area (Å²) in [4.78, 5) is 50.9. The van der Waals surface area contributed by atoms with Gasteiger partial charge in [-0.15, -0.1) is 0 Å². The van der Waals surface area contributed by atoms with Gasteiger partial charge in [0.15, 0.2) is 5.78 Å². The van der Waals surface area contributed by atoms with Gasteiger partial charge in [-0.1, -0.05) is 52.0 Å². The fourth-order valence-corrected chi connectivity index (χ4v) is 4.24. The van der Waals surface area contributed by atoms with Gasteiger partial charge >= 0.3 is 0 Å². The molecule has 2 heterocycles. The fourth-order valence-electron chi connectivity index (χ4n) is 4.24. The summed E-state index contributed by atoms with van der Waals surface area (Å²) in [7, 11) is 1.57. The molecular formula is C29H37N3O5. The molecule has 0 saturated carbocycles. The van der Waals surface area contributed by atoms with Crippen molar-refractivity contribution < 1.29 is 23.9 Å². The number of benzene rings is 2. The first-order chi connectivity index (χ1) is 17.8. The number of carbonyl (C=O) groups is 4. The van der Waals surface area contributed by atoms with Gasteiger partial charge in [-0.05, 0) is 50.1 Å². The average molecular weight is 508 g/mol. The van der Waals surface area contributed by atoms with Crippen molar-refractivity contribution in [1.82, 2.24) is 4.90 Å². The molecule has 0 bridgehead atoms. The number of ether oxygens (including phenoxy) is 1. The Morgan fingerprint density at radius 3 is 2.00 bits per heavy atom. The van der Waals surface area contributed by atoms with Gasteiger partial charge in [0, 0.05) is 18.5 Å². The van der Waals surface area contributed by atoms with Gasteiger partial charge < -0.3 is 9.53 Å². The van der Waals surface area contributed by atoms with E-state index in [0.717, 1.165) is 0 Å². The quantitative estimate of drug-likeness (QED) is 0.373. The van der Waals surface area contributed by atoms with Gasteiger partial charge in [-0.25, -0.2) is 0 Å². The number of carbonyl (C=O) groups excluding carboxylic acids is 4. The van der Waals surface area contributed by atoms with Gasteiger partial charge in [0.1, 0.15) is 23.5 Å². The van der Waals surface area contributed by atoms with Crippen LogP contribution in [0.2, 0.25) is 0 Å². The molecule has 0 N–H and O–H groups in total. The van der Waals surface area contributed by atoms with Crippen LogP contribution in [-0.4, -0.2) is 53.7 Å². The van der Waals surface area contributed by atoms with Crippen LogP contribution in [0.3, 0.4) is 0 Å². The number of ketones is 2. The molecule has 4 rings (SSSR count). The lowest BCUT2D eigenvalue weighted by atomic mass is 9.92. The summed E-state index contributed by atoms with van der Waals surface area (Å²) in [5.74, 6) is -0.792. The average Bonchev–Trinajstić information content (AvgIpc) is 3.43. The number of nitrogens with zero attached hydrogens (tertiary/aromatic N) is 3. The largest absolute Gasteiger partial charge is 0.497 e. The predicted molar refractivity (Wildman–Crippen MR) is 145 cm³/mol. The van der Waals surface area contributed by atoms with Crippen LogP contribution >= 0.6 is 0 Å². The first-order valence-electron chi connectivity index (χ1n) is 12.8. The number of anilines is 1. The Kier molecular flexibility index (Phi) is 10.7. The zero-order chi connectivity index (χ0) is 27.7. The third-order valence-corrected chi connectivity index (χ3v) is 5.98. The van der Waals surface area contributed by atoms with Crippen LogP contribution in [0, 0.1) is 5.92 Å². The molecule has 2 aliphatic heterocycles. The molecule has 0 aromatic heterocycles. The van der Waals surface area contributed by atoms with Crippen molar-refractivity contribution in [3.8, 4) is 5.75 Å². The zero-order valence-corrected chi connectivity index (χ0v) is 22.8. The highest BCUT2D eigenvalue weighted by Gasteiger charge is 2.56. The molecule has 2 aromatic rings. The summed E-state index contributed by atoms with van der Waals surface area (Å²) >= 11 is 0. The summed E-state index contributed by atoms with van der Waals surface area (Å²) in [6.07, 6.45) is 0.733. The van der Waals surface area contributed by atoms with Crippen LogP contribution in [0.25, 0.3) is 0 Å². The van der Waals surface area contributed by atoms with E-state index in [1.54, 1.807) is 60.6 Å². The summed E-state index contributed by atoms with van der Waals surface area (Å²) in [5.41, 5.74) is 2.38. The van der Waals surface area contributed by atoms with E-state index in [1.807, 2.05) is 27.7 Å². The van der Waals surface area contributed by atoms with Gasteiger partial charge in [0.25, 0.3) is 5.91 Å². The highest BCUT2D eigenvalue weighted by atomic mass is 16.5. The van der Waals surface area contributed by atoms with Crippen molar-refractivity contribution in [1.29, 1.82) is 0 Å². The highest BCUT2D eigenvalue weighted by Crippen LogP contribution is 2.38. The van der Waals surface area contributed by atoms with Crippen LogP contribution in [0.15, 0.2) is 53.6 Å². The van der Waals surface area contributed by atoms with Crippen molar-refractivity contribution in [2.45, 2.75) is 60.4 Å². The van der Waals surface area contributed by atoms with E-state index >= 15 is 0 Å². The summed E-state index contributed by atoms with van der Waals surface area (Å²) in [5, 5.41) is 6.28. The lowest BCUT2D eigenvalue weighted by Crippen LogP contribution is -2.39. The molecule has 0 aliphatic carbocycles. The minimum absolute atomic E-state index is 0.0157. The highest BCUT2D eigenvalue weighted by molar-refractivity contribution is 6.25. The Bertz CT molecular complexity index is 1140. The Morgan fingerprint density at radius 2 is 1.49 bits per heavy atom. The standard InChI is InChI=1S/C25H25N3O5.2C2H6/c1-15(29)5-4-14-27-24(31)21-22(18-8-6-17(7-9-18)16(2)30)26-28(23(21)25(27)32)19-10-12-20(33-3)13-11-19;2*1-2/h6-13,21,23H,4-5,14H2,1-3H3;2*1-2H3. The van der Waals surface area contributed by atoms with E-state index in [4.69, 9.17) is 4.74 Å². The monoisotopic (exact) mass is 507 g/mol. The Balaban J connectivity index is 0.00000115. The third-order valence-electron chi connectivity index (χ3n) is 5.98. The molecular weight excluding hydrogens is 470 g/mol. The normalized spacial score (nSPS) is 17.8. The van der Waals surface area contributed by atoms with Gasteiger partial charge in [0.2, 0.25) is 5.91 Å². The van der Waals surface area contributed by atoms with Crippen molar-refractivity contribution in [3.05, 3.63) is 59.7 Å². The third kappa shape index (κ3) is 6.31. The molecule has 1 fully saturated rings. The number of Topliss-reactive ketones (excluding diaryl/α,β-unsaturated/α-hetero) is 2. The minimum Gasteiger partial charge on any atom is -0.497 e. The molecule has 37 heavy (non-hydrogen) atoms. The van der Waals surface area contributed by atoms with Gasteiger partial charge in [0.05, 0.1) is 18.5 Å². The van der Waals surface area contributed by atoms with Gasteiger partial charge in [-0.2, -0.15) is 5.10 Å². The maximum Gasteiger partial charge on any atom is 0.255 e. The topological polar surface area (TPSA) is 96.3 Å². The molecule has 2 aliphatic rings. The van der Waals surface area contributed by atoms with Gasteiger partial charge in [-0.3, -0.25) is 24.3 Å². The van der Waals surface area contributed by atoms with Crippen LogP contribution < -0.4 is 9.75 Å². The van der Waals surface area contributed by atoms with Crippen molar-refractivity contribution >= 4 is 34.8 Å². The Labute approximate surface area is 219 Å². The van der Waals surface area contributed by atoms with E-state index in [-0.39, 0.29) is 29.9 Å².